The second kappa shape index (κ2) is 8.58. The molecule has 0 saturated heterocycles. The third kappa shape index (κ3) is 4.77. The highest BCUT2D eigenvalue weighted by Gasteiger charge is 2.13. The highest BCUT2D eigenvalue weighted by atomic mass is 16.6. The molecule has 6 heteroatoms. The van der Waals surface area contributed by atoms with Gasteiger partial charge in [-0.1, -0.05) is 6.07 Å². The Kier molecular flexibility index (Phi) is 6.23. The number of benzene rings is 2. The van der Waals surface area contributed by atoms with E-state index in [1.807, 2.05) is 32.0 Å². The monoisotopic (exact) mass is 349 g/mol. The molecule has 0 aliphatic heterocycles. The minimum absolute atomic E-state index is 0.000691. The highest BCUT2D eigenvalue weighted by Crippen LogP contribution is 2.20. The minimum Gasteiger partial charge on any atom is -0.308 e. The molecule has 0 heterocycles. The molecule has 0 unspecified atom stereocenters. The van der Waals surface area contributed by atoms with Crippen molar-refractivity contribution in [2.45, 2.75) is 20.3 Å². The van der Waals surface area contributed by atoms with Gasteiger partial charge in [-0.15, -0.1) is 0 Å². The zero-order chi connectivity index (χ0) is 19.1. The van der Waals surface area contributed by atoms with Gasteiger partial charge in [0.1, 0.15) is 0 Å². The van der Waals surface area contributed by atoms with E-state index in [1.165, 1.54) is 18.2 Å². The number of nitro groups is 1. The average Bonchev–Trinajstić information content (AvgIpc) is 2.63. The molecule has 0 aliphatic carbocycles. The maximum atomic E-state index is 12.6. The second-order valence-corrected chi connectivity index (χ2v) is 5.85. The number of nitrogens with zero attached hydrogens (tertiary/aromatic N) is 3. The Bertz CT molecular complexity index is 880. The minimum atomic E-state index is -0.470. The first-order valence-electron chi connectivity index (χ1n) is 8.10. The quantitative estimate of drug-likeness (QED) is 0.445. The molecule has 0 bridgehead atoms. The van der Waals surface area contributed by atoms with Crippen molar-refractivity contribution in [2.24, 2.45) is 0 Å². The van der Waals surface area contributed by atoms with Gasteiger partial charge in [-0.25, -0.2) is 0 Å². The summed E-state index contributed by atoms with van der Waals surface area (Å²) in [5.41, 5.74) is 3.62. The van der Waals surface area contributed by atoms with Crippen molar-refractivity contribution >= 4 is 23.4 Å². The van der Waals surface area contributed by atoms with E-state index in [1.54, 1.807) is 23.1 Å². The molecule has 2 aromatic rings. The van der Waals surface area contributed by atoms with Gasteiger partial charge in [0.05, 0.1) is 17.4 Å². The first kappa shape index (κ1) is 18.9. The summed E-state index contributed by atoms with van der Waals surface area (Å²) < 4.78 is 0. The summed E-state index contributed by atoms with van der Waals surface area (Å²) in [7, 11) is 0. The fourth-order valence-electron chi connectivity index (χ4n) is 2.39. The standard InChI is InChI=1S/C20H19N3O3/c1-15-4-8-19(14-16(15)2)22(13-3-12-21)20(24)11-7-17-5-9-18(10-6-17)23(25)26/h4-11,14H,3,13H2,1-2H3/b11-7+. The van der Waals surface area contributed by atoms with Gasteiger partial charge in [-0.2, -0.15) is 5.26 Å². The first-order valence-corrected chi connectivity index (χ1v) is 8.10. The maximum Gasteiger partial charge on any atom is 0.269 e. The first-order chi connectivity index (χ1) is 12.4. The summed E-state index contributed by atoms with van der Waals surface area (Å²) in [6.07, 6.45) is 3.24. The fraction of sp³-hybridized carbons (Fsp3) is 0.200. The Balaban J connectivity index is 2.21. The smallest absolute Gasteiger partial charge is 0.269 e. The van der Waals surface area contributed by atoms with Crippen LogP contribution in [0, 0.1) is 35.3 Å². The van der Waals surface area contributed by atoms with E-state index in [2.05, 4.69) is 6.07 Å². The van der Waals surface area contributed by atoms with E-state index in [0.29, 0.717) is 12.1 Å². The molecule has 0 spiro atoms. The molecule has 0 radical (unpaired) electrons. The number of hydrogen-bond donors (Lipinski definition) is 0. The van der Waals surface area contributed by atoms with Gasteiger partial charge in [0, 0.05) is 30.4 Å². The van der Waals surface area contributed by atoms with Gasteiger partial charge in [-0.3, -0.25) is 14.9 Å². The lowest BCUT2D eigenvalue weighted by Crippen LogP contribution is -2.30. The molecule has 0 aromatic heterocycles. The molecule has 0 atom stereocenters. The lowest BCUT2D eigenvalue weighted by Gasteiger charge is -2.21. The number of non-ortho nitro benzene ring substituents is 1. The Morgan fingerprint density at radius 2 is 1.88 bits per heavy atom. The Labute approximate surface area is 152 Å². The molecular weight excluding hydrogens is 330 g/mol. The van der Waals surface area contributed by atoms with E-state index in [0.717, 1.165) is 16.8 Å². The summed E-state index contributed by atoms with van der Waals surface area (Å²) >= 11 is 0. The Hall–Kier alpha value is -3.46. The summed E-state index contributed by atoms with van der Waals surface area (Å²) in [5, 5.41) is 19.5. The van der Waals surface area contributed by atoms with Crippen LogP contribution in [0.1, 0.15) is 23.1 Å². The van der Waals surface area contributed by atoms with E-state index in [-0.39, 0.29) is 18.0 Å². The largest absolute Gasteiger partial charge is 0.308 e. The number of aryl methyl sites for hydroxylation is 2. The van der Waals surface area contributed by atoms with Crippen molar-refractivity contribution in [3.05, 3.63) is 75.3 Å². The number of carbonyl (C=O) groups excluding carboxylic acids is 1. The van der Waals surface area contributed by atoms with Crippen molar-refractivity contribution in [1.29, 1.82) is 5.26 Å². The number of carbonyl (C=O) groups is 1. The topological polar surface area (TPSA) is 87.2 Å². The number of amides is 1. The Morgan fingerprint density at radius 1 is 1.19 bits per heavy atom. The summed E-state index contributed by atoms with van der Waals surface area (Å²) in [6, 6.07) is 13.7. The number of hydrogen-bond acceptors (Lipinski definition) is 4. The van der Waals surface area contributed by atoms with Crippen LogP contribution in [0.2, 0.25) is 0 Å². The molecule has 0 fully saturated rings. The zero-order valence-electron chi connectivity index (χ0n) is 14.7. The third-order valence-electron chi connectivity index (χ3n) is 4.04. The molecule has 0 saturated carbocycles. The van der Waals surface area contributed by atoms with Gasteiger partial charge >= 0.3 is 0 Å². The Morgan fingerprint density at radius 3 is 2.46 bits per heavy atom. The summed E-state index contributed by atoms with van der Waals surface area (Å²) in [6.45, 7) is 4.26. The SMILES string of the molecule is Cc1ccc(N(CCC#N)C(=O)/C=C/c2ccc([N+](=O)[O-])cc2)cc1C. The predicted molar refractivity (Wildman–Crippen MR) is 101 cm³/mol. The van der Waals surface area contributed by atoms with Crippen LogP contribution in [-0.4, -0.2) is 17.4 Å². The van der Waals surface area contributed by atoms with E-state index in [4.69, 9.17) is 5.26 Å². The lowest BCUT2D eigenvalue weighted by molar-refractivity contribution is -0.384. The summed E-state index contributed by atoms with van der Waals surface area (Å²) in [5.74, 6) is -0.248. The van der Waals surface area contributed by atoms with Gasteiger partial charge in [-0.05, 0) is 60.9 Å². The number of nitriles is 1. The van der Waals surface area contributed by atoms with E-state index >= 15 is 0 Å². The van der Waals surface area contributed by atoms with Crippen LogP contribution < -0.4 is 4.90 Å². The van der Waals surface area contributed by atoms with Crippen molar-refractivity contribution in [3.8, 4) is 6.07 Å². The molecule has 26 heavy (non-hydrogen) atoms. The van der Waals surface area contributed by atoms with Gasteiger partial charge in [0.2, 0.25) is 0 Å². The molecule has 2 aromatic carbocycles. The molecule has 0 N–H and O–H groups in total. The van der Waals surface area contributed by atoms with Crippen LogP contribution in [0.5, 0.6) is 0 Å². The average molecular weight is 349 g/mol. The van der Waals surface area contributed by atoms with Crippen molar-refractivity contribution in [2.75, 3.05) is 11.4 Å². The number of anilines is 1. The molecule has 0 aliphatic rings. The zero-order valence-corrected chi connectivity index (χ0v) is 14.7. The van der Waals surface area contributed by atoms with Crippen LogP contribution in [0.3, 0.4) is 0 Å². The lowest BCUT2D eigenvalue weighted by atomic mass is 10.1. The van der Waals surface area contributed by atoms with Crippen LogP contribution in [0.25, 0.3) is 6.08 Å². The molecule has 6 nitrogen and oxygen atoms in total. The van der Waals surface area contributed by atoms with Gasteiger partial charge in [0.15, 0.2) is 0 Å². The van der Waals surface area contributed by atoms with Crippen molar-refractivity contribution in [1.82, 2.24) is 0 Å². The van der Waals surface area contributed by atoms with Crippen molar-refractivity contribution < 1.29 is 9.72 Å². The molecule has 2 rings (SSSR count). The maximum absolute atomic E-state index is 12.6. The number of rotatable bonds is 6. The van der Waals surface area contributed by atoms with E-state index in [9.17, 15) is 14.9 Å². The normalized spacial score (nSPS) is 10.5. The van der Waals surface area contributed by atoms with Gasteiger partial charge in [0.25, 0.3) is 11.6 Å². The van der Waals surface area contributed by atoms with Gasteiger partial charge < -0.3 is 4.90 Å². The third-order valence-corrected chi connectivity index (χ3v) is 4.04. The van der Waals surface area contributed by atoms with Crippen molar-refractivity contribution in [3.63, 3.8) is 0 Å². The molecule has 132 valence electrons. The van der Waals surface area contributed by atoms with Crippen LogP contribution in [0.4, 0.5) is 11.4 Å². The summed E-state index contributed by atoms with van der Waals surface area (Å²) in [4.78, 5) is 24.4. The highest BCUT2D eigenvalue weighted by molar-refractivity contribution is 6.03. The second-order valence-electron chi connectivity index (χ2n) is 5.85. The predicted octanol–water partition coefficient (Wildman–Crippen LogP) is 4.17. The van der Waals surface area contributed by atoms with Crippen LogP contribution >= 0.6 is 0 Å². The molecular formula is C20H19N3O3. The number of nitro benzene ring substituents is 1. The van der Waals surface area contributed by atoms with Crippen LogP contribution in [0.15, 0.2) is 48.5 Å². The fourth-order valence-corrected chi connectivity index (χ4v) is 2.39. The molecule has 1 amide bonds. The van der Waals surface area contributed by atoms with E-state index < -0.39 is 4.92 Å². The van der Waals surface area contributed by atoms with Crippen LogP contribution in [-0.2, 0) is 4.79 Å².